The molecule has 0 aromatic rings. The Bertz CT molecular complexity index is 332. The molecule has 1 amide bonds. The number of carbonyl (C=O) groups is 2. The van der Waals surface area contributed by atoms with Gasteiger partial charge < -0.3 is 14.7 Å². The van der Waals surface area contributed by atoms with E-state index in [1.807, 2.05) is 0 Å². The number of carbonyl (C=O) groups excluding carboxylic acids is 2. The summed E-state index contributed by atoms with van der Waals surface area (Å²) < 4.78 is 40.4. The molecule has 18 heavy (non-hydrogen) atoms. The Hall–Kier alpha value is -1.31. The summed E-state index contributed by atoms with van der Waals surface area (Å²) in [7, 11) is 1.12. The van der Waals surface area contributed by atoms with Crippen molar-refractivity contribution in [2.75, 3.05) is 13.7 Å². The molecule has 0 aliphatic carbocycles. The Morgan fingerprint density at radius 3 is 2.56 bits per heavy atom. The predicted molar refractivity (Wildman–Crippen MR) is 53.4 cm³/mol. The van der Waals surface area contributed by atoms with E-state index in [1.54, 1.807) is 0 Å². The van der Waals surface area contributed by atoms with Crippen LogP contribution >= 0.6 is 0 Å². The SMILES string of the molecule is COC(=O)C1CC(O)CN1C(=O)CCC(F)(F)F. The molecule has 1 heterocycles. The molecular weight excluding hydrogens is 255 g/mol. The maximum atomic E-state index is 12.0. The fourth-order valence-electron chi connectivity index (χ4n) is 1.84. The topological polar surface area (TPSA) is 66.8 Å². The van der Waals surface area contributed by atoms with E-state index in [1.165, 1.54) is 0 Å². The first kappa shape index (κ1) is 14.7. The monoisotopic (exact) mass is 269 g/mol. The number of β-amino-alcohol motifs (C(OH)–C–C–N with tert-alkyl or cyclic N) is 1. The van der Waals surface area contributed by atoms with Crippen LogP contribution in [0, 0.1) is 0 Å². The summed E-state index contributed by atoms with van der Waals surface area (Å²) >= 11 is 0. The van der Waals surface area contributed by atoms with Crippen molar-refractivity contribution in [3.8, 4) is 0 Å². The van der Waals surface area contributed by atoms with Crippen LogP contribution in [0.5, 0.6) is 0 Å². The number of likely N-dealkylation sites (tertiary alicyclic amines) is 1. The summed E-state index contributed by atoms with van der Waals surface area (Å²) in [5.74, 6) is -1.54. The van der Waals surface area contributed by atoms with Crippen molar-refractivity contribution < 1.29 is 32.6 Å². The summed E-state index contributed by atoms with van der Waals surface area (Å²) in [4.78, 5) is 23.8. The molecule has 1 N–H and O–H groups in total. The number of halogens is 3. The highest BCUT2D eigenvalue weighted by Crippen LogP contribution is 2.25. The highest BCUT2D eigenvalue weighted by molar-refractivity contribution is 5.85. The van der Waals surface area contributed by atoms with Crippen LogP contribution in [-0.2, 0) is 14.3 Å². The third kappa shape index (κ3) is 3.86. The van der Waals surface area contributed by atoms with Gasteiger partial charge in [0.25, 0.3) is 0 Å². The molecule has 1 aliphatic heterocycles. The van der Waals surface area contributed by atoms with Crippen LogP contribution in [0.15, 0.2) is 0 Å². The molecule has 2 unspecified atom stereocenters. The number of ether oxygens (including phenoxy) is 1. The molecule has 2 atom stereocenters. The molecule has 1 rings (SSSR count). The number of hydrogen-bond donors (Lipinski definition) is 1. The van der Waals surface area contributed by atoms with E-state index < -0.39 is 43.0 Å². The van der Waals surface area contributed by atoms with E-state index in [0.717, 1.165) is 12.0 Å². The lowest BCUT2D eigenvalue weighted by molar-refractivity contribution is -0.155. The van der Waals surface area contributed by atoms with Crippen molar-refractivity contribution in [2.24, 2.45) is 0 Å². The number of aliphatic hydroxyl groups is 1. The largest absolute Gasteiger partial charge is 0.467 e. The van der Waals surface area contributed by atoms with E-state index in [-0.39, 0.29) is 13.0 Å². The van der Waals surface area contributed by atoms with Gasteiger partial charge in [-0.05, 0) is 0 Å². The van der Waals surface area contributed by atoms with Crippen molar-refractivity contribution in [1.82, 2.24) is 4.90 Å². The first-order chi connectivity index (χ1) is 8.24. The number of aliphatic hydroxyl groups excluding tert-OH is 1. The molecule has 1 aliphatic rings. The standard InChI is InChI=1S/C10H14F3NO4/c1-18-9(17)7-4-6(15)5-14(7)8(16)2-3-10(11,12)13/h6-7,15H,2-5H2,1H3. The zero-order valence-corrected chi connectivity index (χ0v) is 9.74. The fourth-order valence-corrected chi connectivity index (χ4v) is 1.84. The van der Waals surface area contributed by atoms with Crippen molar-refractivity contribution in [3.05, 3.63) is 0 Å². The van der Waals surface area contributed by atoms with Gasteiger partial charge in [-0.1, -0.05) is 0 Å². The van der Waals surface area contributed by atoms with Gasteiger partial charge >= 0.3 is 12.1 Å². The Morgan fingerprint density at radius 2 is 2.06 bits per heavy atom. The minimum atomic E-state index is -4.42. The smallest absolute Gasteiger partial charge is 0.389 e. The van der Waals surface area contributed by atoms with E-state index in [2.05, 4.69) is 4.74 Å². The molecule has 0 saturated carbocycles. The first-order valence-corrected chi connectivity index (χ1v) is 5.36. The lowest BCUT2D eigenvalue weighted by Crippen LogP contribution is -2.41. The summed E-state index contributed by atoms with van der Waals surface area (Å²) in [5.41, 5.74) is 0. The highest BCUT2D eigenvalue weighted by Gasteiger charge is 2.40. The van der Waals surface area contributed by atoms with Gasteiger partial charge in [0.15, 0.2) is 0 Å². The number of rotatable bonds is 3. The van der Waals surface area contributed by atoms with E-state index >= 15 is 0 Å². The second-order valence-electron chi connectivity index (χ2n) is 4.09. The second kappa shape index (κ2) is 5.55. The number of methoxy groups -OCH3 is 1. The molecule has 0 aromatic heterocycles. The second-order valence-corrected chi connectivity index (χ2v) is 4.09. The van der Waals surface area contributed by atoms with Gasteiger partial charge in [0.05, 0.1) is 19.6 Å². The fraction of sp³-hybridized carbons (Fsp3) is 0.800. The van der Waals surface area contributed by atoms with Crippen LogP contribution in [0.3, 0.4) is 0 Å². The zero-order chi connectivity index (χ0) is 13.9. The Kier molecular flexibility index (Phi) is 4.55. The van der Waals surface area contributed by atoms with Crippen LogP contribution in [0.25, 0.3) is 0 Å². The number of nitrogens with zero attached hydrogens (tertiary/aromatic N) is 1. The van der Waals surface area contributed by atoms with Gasteiger partial charge in [0.2, 0.25) is 5.91 Å². The molecule has 104 valence electrons. The van der Waals surface area contributed by atoms with E-state index in [0.29, 0.717) is 0 Å². The van der Waals surface area contributed by atoms with Gasteiger partial charge in [-0.15, -0.1) is 0 Å². The average molecular weight is 269 g/mol. The van der Waals surface area contributed by atoms with E-state index in [9.17, 15) is 27.9 Å². The third-order valence-corrected chi connectivity index (χ3v) is 2.69. The molecule has 8 heteroatoms. The lowest BCUT2D eigenvalue weighted by atomic mass is 10.2. The predicted octanol–water partition coefficient (Wildman–Crippen LogP) is 0.464. The van der Waals surface area contributed by atoms with Crippen LogP contribution in [0.2, 0.25) is 0 Å². The average Bonchev–Trinajstić information content (AvgIpc) is 2.66. The van der Waals surface area contributed by atoms with Gasteiger partial charge in [0, 0.05) is 19.4 Å². The summed E-state index contributed by atoms with van der Waals surface area (Å²) in [6, 6.07) is -0.995. The Morgan fingerprint density at radius 1 is 1.44 bits per heavy atom. The number of amides is 1. The molecule has 5 nitrogen and oxygen atoms in total. The molecular formula is C10H14F3NO4. The molecule has 0 spiro atoms. The van der Waals surface area contributed by atoms with Crippen LogP contribution in [0.1, 0.15) is 19.3 Å². The summed E-state index contributed by atoms with van der Waals surface area (Å²) in [5, 5.41) is 9.37. The molecule has 1 saturated heterocycles. The summed E-state index contributed by atoms with van der Waals surface area (Å²) in [6.07, 6.45) is -7.32. The van der Waals surface area contributed by atoms with Gasteiger partial charge in [-0.25, -0.2) is 4.79 Å². The van der Waals surface area contributed by atoms with Gasteiger partial charge in [0.1, 0.15) is 6.04 Å². The highest BCUT2D eigenvalue weighted by atomic mass is 19.4. The molecule has 1 fully saturated rings. The van der Waals surface area contributed by atoms with Crippen LogP contribution in [0.4, 0.5) is 13.2 Å². The normalized spacial score (nSPS) is 24.2. The molecule has 0 radical (unpaired) electrons. The zero-order valence-electron chi connectivity index (χ0n) is 9.74. The van der Waals surface area contributed by atoms with Crippen LogP contribution < -0.4 is 0 Å². The van der Waals surface area contributed by atoms with Crippen molar-refractivity contribution in [1.29, 1.82) is 0 Å². The minimum absolute atomic E-state index is 0.00949. The number of alkyl halides is 3. The minimum Gasteiger partial charge on any atom is -0.467 e. The third-order valence-electron chi connectivity index (χ3n) is 2.69. The first-order valence-electron chi connectivity index (χ1n) is 5.36. The molecule has 0 bridgehead atoms. The lowest BCUT2D eigenvalue weighted by Gasteiger charge is -2.22. The van der Waals surface area contributed by atoms with Gasteiger partial charge in [-0.2, -0.15) is 13.2 Å². The van der Waals surface area contributed by atoms with Crippen molar-refractivity contribution in [3.63, 3.8) is 0 Å². The van der Waals surface area contributed by atoms with Crippen molar-refractivity contribution >= 4 is 11.9 Å². The maximum Gasteiger partial charge on any atom is 0.389 e. The molecule has 0 aromatic carbocycles. The number of esters is 1. The Balaban J connectivity index is 2.62. The quantitative estimate of drug-likeness (QED) is 0.756. The van der Waals surface area contributed by atoms with E-state index in [4.69, 9.17) is 0 Å². The Labute approximate surface area is 102 Å². The maximum absolute atomic E-state index is 12.0. The number of hydrogen-bond acceptors (Lipinski definition) is 4. The van der Waals surface area contributed by atoms with Gasteiger partial charge in [-0.3, -0.25) is 4.79 Å². The summed E-state index contributed by atoms with van der Waals surface area (Å²) in [6.45, 7) is -0.142. The van der Waals surface area contributed by atoms with Crippen molar-refractivity contribution in [2.45, 2.75) is 37.6 Å². The van der Waals surface area contributed by atoms with Crippen LogP contribution in [-0.4, -0.2) is 53.9 Å².